The molecular weight excluding hydrogens is 342 g/mol. The lowest BCUT2D eigenvalue weighted by Crippen LogP contribution is -2.36. The molecule has 2 aliphatic heterocycles. The Bertz CT molecular complexity index is 827. The number of ether oxygens (including phenoxy) is 2. The lowest BCUT2D eigenvalue weighted by Gasteiger charge is -2.27. The number of hydrogen-bond donors (Lipinski definition) is 1. The zero-order valence-electron chi connectivity index (χ0n) is 15.2. The summed E-state index contributed by atoms with van der Waals surface area (Å²) in [5.41, 5.74) is 3.18. The van der Waals surface area contributed by atoms with Crippen molar-refractivity contribution in [3.63, 3.8) is 0 Å². The number of carbonyl (C=O) groups excluding carboxylic acids is 1. The van der Waals surface area contributed by atoms with E-state index in [0.29, 0.717) is 6.54 Å². The fraction of sp³-hybridized carbons (Fsp3) is 0.333. The summed E-state index contributed by atoms with van der Waals surface area (Å²) >= 11 is 0. The van der Waals surface area contributed by atoms with E-state index in [9.17, 15) is 4.79 Å². The van der Waals surface area contributed by atoms with Crippen molar-refractivity contribution in [3.8, 4) is 5.75 Å². The van der Waals surface area contributed by atoms with Gasteiger partial charge in [-0.25, -0.2) is 4.98 Å². The molecule has 140 valence electrons. The van der Waals surface area contributed by atoms with Crippen molar-refractivity contribution >= 4 is 17.8 Å². The number of anilines is 1. The first-order chi connectivity index (χ1) is 13.3. The predicted octanol–water partition coefficient (Wildman–Crippen LogP) is 2.18. The molecule has 6 nitrogen and oxygen atoms in total. The van der Waals surface area contributed by atoms with Crippen molar-refractivity contribution in [1.82, 2.24) is 10.3 Å². The van der Waals surface area contributed by atoms with Gasteiger partial charge in [0.05, 0.1) is 19.8 Å². The first-order valence-electron chi connectivity index (χ1n) is 9.27. The molecule has 27 heavy (non-hydrogen) atoms. The molecule has 0 bridgehead atoms. The van der Waals surface area contributed by atoms with Crippen LogP contribution < -0.4 is 15.0 Å². The van der Waals surface area contributed by atoms with Gasteiger partial charge in [-0.2, -0.15) is 0 Å². The number of aromatic nitrogens is 1. The van der Waals surface area contributed by atoms with Gasteiger partial charge in [-0.3, -0.25) is 4.79 Å². The topological polar surface area (TPSA) is 63.7 Å². The molecule has 1 amide bonds. The maximum Gasteiger partial charge on any atom is 0.244 e. The lowest BCUT2D eigenvalue weighted by atomic mass is 10.1. The van der Waals surface area contributed by atoms with Crippen molar-refractivity contribution in [2.24, 2.45) is 0 Å². The second kappa shape index (κ2) is 8.22. The minimum atomic E-state index is -0.121. The van der Waals surface area contributed by atoms with Gasteiger partial charge in [-0.15, -0.1) is 0 Å². The van der Waals surface area contributed by atoms with Crippen molar-refractivity contribution in [1.29, 1.82) is 0 Å². The monoisotopic (exact) mass is 365 g/mol. The van der Waals surface area contributed by atoms with Crippen LogP contribution in [0.3, 0.4) is 0 Å². The Kier molecular flexibility index (Phi) is 5.34. The molecule has 0 spiro atoms. The molecule has 2 aromatic rings. The van der Waals surface area contributed by atoms with Gasteiger partial charge in [0.1, 0.15) is 11.6 Å². The fourth-order valence-corrected chi connectivity index (χ4v) is 3.23. The second-order valence-electron chi connectivity index (χ2n) is 6.64. The smallest absolute Gasteiger partial charge is 0.244 e. The Hall–Kier alpha value is -2.86. The molecule has 0 radical (unpaired) electrons. The zero-order valence-corrected chi connectivity index (χ0v) is 15.2. The summed E-state index contributed by atoms with van der Waals surface area (Å²) in [6.45, 7) is 4.40. The number of amides is 1. The van der Waals surface area contributed by atoms with Gasteiger partial charge in [-0.1, -0.05) is 12.1 Å². The van der Waals surface area contributed by atoms with Crippen LogP contribution in [0.15, 0.2) is 42.6 Å². The van der Waals surface area contributed by atoms with E-state index in [1.807, 2.05) is 36.5 Å². The van der Waals surface area contributed by atoms with E-state index < -0.39 is 0 Å². The van der Waals surface area contributed by atoms with Gasteiger partial charge in [0.25, 0.3) is 0 Å². The normalized spacial score (nSPS) is 16.2. The van der Waals surface area contributed by atoms with Gasteiger partial charge in [0.2, 0.25) is 5.91 Å². The fourth-order valence-electron chi connectivity index (χ4n) is 3.23. The molecule has 3 heterocycles. The number of fused-ring (bicyclic) bond motifs is 1. The average molecular weight is 365 g/mol. The number of pyridine rings is 1. The van der Waals surface area contributed by atoms with Crippen LogP contribution in [0.2, 0.25) is 0 Å². The molecule has 2 aliphatic rings. The molecule has 1 saturated heterocycles. The molecule has 0 atom stereocenters. The Balaban J connectivity index is 1.28. The minimum Gasteiger partial charge on any atom is -0.493 e. The molecular formula is C21H23N3O3. The third kappa shape index (κ3) is 4.46. The summed E-state index contributed by atoms with van der Waals surface area (Å²) in [6, 6.07) is 9.99. The van der Waals surface area contributed by atoms with Gasteiger partial charge in [0, 0.05) is 38.3 Å². The van der Waals surface area contributed by atoms with Crippen LogP contribution in [-0.4, -0.2) is 43.8 Å². The molecule has 6 heteroatoms. The van der Waals surface area contributed by atoms with E-state index in [0.717, 1.165) is 62.0 Å². The maximum absolute atomic E-state index is 12.1. The SMILES string of the molecule is O=C(/C=C/c1ccc2c(c1)CCO2)NCc1ccc(N2CCOCC2)nc1. The lowest BCUT2D eigenvalue weighted by molar-refractivity contribution is -0.116. The van der Waals surface area contributed by atoms with E-state index in [1.165, 1.54) is 5.56 Å². The Morgan fingerprint density at radius 3 is 2.89 bits per heavy atom. The standard InChI is InChI=1S/C21H23N3O3/c25-21(6-3-16-1-4-19-18(13-16)7-10-27-19)23-15-17-2-5-20(22-14-17)24-8-11-26-12-9-24/h1-6,13-14H,7-12,15H2,(H,23,25)/b6-3+. The Morgan fingerprint density at radius 2 is 2.07 bits per heavy atom. The summed E-state index contributed by atoms with van der Waals surface area (Å²) in [7, 11) is 0. The van der Waals surface area contributed by atoms with Crippen LogP contribution in [0.25, 0.3) is 6.08 Å². The highest BCUT2D eigenvalue weighted by Crippen LogP contribution is 2.26. The predicted molar refractivity (Wildman–Crippen MR) is 104 cm³/mol. The molecule has 1 N–H and O–H groups in total. The number of hydrogen-bond acceptors (Lipinski definition) is 5. The highest BCUT2D eigenvalue weighted by atomic mass is 16.5. The summed E-state index contributed by atoms with van der Waals surface area (Å²) in [5, 5.41) is 2.90. The molecule has 0 unspecified atom stereocenters. The van der Waals surface area contributed by atoms with Crippen molar-refractivity contribution < 1.29 is 14.3 Å². The summed E-state index contributed by atoms with van der Waals surface area (Å²) < 4.78 is 10.9. The Morgan fingerprint density at radius 1 is 1.19 bits per heavy atom. The highest BCUT2D eigenvalue weighted by molar-refractivity contribution is 5.91. The first-order valence-corrected chi connectivity index (χ1v) is 9.27. The third-order valence-electron chi connectivity index (χ3n) is 4.75. The van der Waals surface area contributed by atoms with Crippen LogP contribution >= 0.6 is 0 Å². The van der Waals surface area contributed by atoms with Crippen LogP contribution in [0.5, 0.6) is 5.75 Å². The van der Waals surface area contributed by atoms with E-state index in [1.54, 1.807) is 6.08 Å². The summed E-state index contributed by atoms with van der Waals surface area (Å²) in [6.07, 6.45) is 6.13. The van der Waals surface area contributed by atoms with Crippen molar-refractivity contribution in [2.75, 3.05) is 37.8 Å². The van der Waals surface area contributed by atoms with E-state index in [2.05, 4.69) is 21.3 Å². The number of nitrogens with zero attached hydrogens (tertiary/aromatic N) is 2. The molecule has 1 fully saturated rings. The molecule has 4 rings (SSSR count). The van der Waals surface area contributed by atoms with Gasteiger partial charge < -0.3 is 19.7 Å². The van der Waals surface area contributed by atoms with Crippen molar-refractivity contribution in [2.45, 2.75) is 13.0 Å². The molecule has 1 aromatic heterocycles. The zero-order chi connectivity index (χ0) is 18.5. The first kappa shape index (κ1) is 17.5. The van der Waals surface area contributed by atoms with E-state index in [-0.39, 0.29) is 5.91 Å². The largest absolute Gasteiger partial charge is 0.493 e. The van der Waals surface area contributed by atoms with E-state index >= 15 is 0 Å². The second-order valence-corrected chi connectivity index (χ2v) is 6.64. The third-order valence-corrected chi connectivity index (χ3v) is 4.75. The molecule has 1 aromatic carbocycles. The molecule has 0 aliphatic carbocycles. The maximum atomic E-state index is 12.1. The van der Waals surface area contributed by atoms with Crippen LogP contribution in [0.4, 0.5) is 5.82 Å². The minimum absolute atomic E-state index is 0.121. The molecule has 0 saturated carbocycles. The van der Waals surface area contributed by atoms with Crippen LogP contribution in [0.1, 0.15) is 16.7 Å². The number of nitrogens with one attached hydrogen (secondary N) is 1. The van der Waals surface area contributed by atoms with E-state index in [4.69, 9.17) is 9.47 Å². The highest BCUT2D eigenvalue weighted by Gasteiger charge is 2.12. The number of carbonyl (C=O) groups is 1. The Labute approximate surface area is 158 Å². The number of morpholine rings is 1. The summed E-state index contributed by atoms with van der Waals surface area (Å²) in [4.78, 5) is 18.8. The van der Waals surface area contributed by atoms with Gasteiger partial charge in [-0.05, 0) is 41.0 Å². The van der Waals surface area contributed by atoms with Crippen molar-refractivity contribution in [3.05, 3.63) is 59.3 Å². The number of benzene rings is 1. The van der Waals surface area contributed by atoms with Gasteiger partial charge in [0.15, 0.2) is 0 Å². The van der Waals surface area contributed by atoms with Gasteiger partial charge >= 0.3 is 0 Å². The van der Waals surface area contributed by atoms with Crippen LogP contribution in [-0.2, 0) is 22.5 Å². The van der Waals surface area contributed by atoms with Crippen LogP contribution in [0, 0.1) is 0 Å². The average Bonchev–Trinajstić information content (AvgIpc) is 3.19. The number of rotatable bonds is 5. The summed E-state index contributed by atoms with van der Waals surface area (Å²) in [5.74, 6) is 1.78. The quantitative estimate of drug-likeness (QED) is 0.823.